The van der Waals surface area contributed by atoms with Gasteiger partial charge in [0.25, 0.3) is 0 Å². The van der Waals surface area contributed by atoms with Crippen LogP contribution < -0.4 is 15.8 Å². The molecule has 2 atom stereocenters. The molecular formula is C23H23ClN2O4. The maximum atomic E-state index is 13.4. The summed E-state index contributed by atoms with van der Waals surface area (Å²) in [6.45, 7) is -0.0896. The number of benzene rings is 2. The van der Waals surface area contributed by atoms with Gasteiger partial charge < -0.3 is 20.9 Å². The molecule has 3 aliphatic rings. The first kappa shape index (κ1) is 19.5. The van der Waals surface area contributed by atoms with Crippen LogP contribution in [0.4, 0.5) is 5.69 Å². The lowest BCUT2D eigenvalue weighted by Gasteiger charge is -2.39. The van der Waals surface area contributed by atoms with Crippen LogP contribution in [0.25, 0.3) is 0 Å². The average Bonchev–Trinajstić information content (AvgIpc) is 3.49. The number of hydrogen-bond acceptors (Lipinski definition) is 5. The largest absolute Gasteiger partial charge is 0.491 e. The van der Waals surface area contributed by atoms with Crippen LogP contribution in [0.3, 0.4) is 0 Å². The second-order valence-corrected chi connectivity index (χ2v) is 8.82. The van der Waals surface area contributed by atoms with Crippen LogP contribution in [0.15, 0.2) is 36.4 Å². The highest BCUT2D eigenvalue weighted by atomic mass is 35.5. The summed E-state index contributed by atoms with van der Waals surface area (Å²) >= 11 is 6.13. The molecule has 30 heavy (non-hydrogen) atoms. The van der Waals surface area contributed by atoms with E-state index in [1.165, 1.54) is 0 Å². The van der Waals surface area contributed by atoms with Gasteiger partial charge in [-0.3, -0.25) is 9.59 Å². The Bertz CT molecular complexity index is 1070. The average molecular weight is 427 g/mol. The molecular weight excluding hydrogens is 404 g/mol. The number of ether oxygens (including phenoxy) is 1. The van der Waals surface area contributed by atoms with E-state index in [-0.39, 0.29) is 31.3 Å². The highest BCUT2D eigenvalue weighted by Crippen LogP contribution is 2.58. The van der Waals surface area contributed by atoms with Crippen molar-refractivity contribution in [1.29, 1.82) is 0 Å². The van der Waals surface area contributed by atoms with Gasteiger partial charge >= 0.3 is 0 Å². The Morgan fingerprint density at radius 1 is 1.17 bits per heavy atom. The van der Waals surface area contributed by atoms with E-state index in [2.05, 4.69) is 5.32 Å². The van der Waals surface area contributed by atoms with Crippen LogP contribution in [0.2, 0.25) is 5.02 Å². The molecule has 0 radical (unpaired) electrons. The third-order valence-corrected chi connectivity index (χ3v) is 6.98. The molecule has 1 amide bonds. The van der Waals surface area contributed by atoms with Gasteiger partial charge in [0.15, 0.2) is 5.78 Å². The van der Waals surface area contributed by atoms with Crippen molar-refractivity contribution >= 4 is 29.0 Å². The summed E-state index contributed by atoms with van der Waals surface area (Å²) < 4.78 is 5.78. The molecule has 156 valence electrons. The third-order valence-electron chi connectivity index (χ3n) is 6.74. The Balaban J connectivity index is 1.74. The minimum atomic E-state index is -1.58. The van der Waals surface area contributed by atoms with Crippen molar-refractivity contribution in [1.82, 2.24) is 0 Å². The fourth-order valence-electron chi connectivity index (χ4n) is 5.10. The smallest absolute Gasteiger partial charge is 0.237 e. The summed E-state index contributed by atoms with van der Waals surface area (Å²) in [7, 11) is 0. The van der Waals surface area contributed by atoms with Gasteiger partial charge in [-0.2, -0.15) is 0 Å². The van der Waals surface area contributed by atoms with Crippen molar-refractivity contribution in [2.75, 3.05) is 18.5 Å². The SMILES string of the molecule is N[C@]1(c2cc(C3CC3)ccc2OCCO)C(=O)CC[C@]12C(=O)Nc1cc(Cl)ccc12. The minimum Gasteiger partial charge on any atom is -0.491 e. The van der Waals surface area contributed by atoms with Crippen molar-refractivity contribution in [3.63, 3.8) is 0 Å². The van der Waals surface area contributed by atoms with E-state index in [0.29, 0.717) is 39.9 Å². The predicted octanol–water partition coefficient (Wildman–Crippen LogP) is 3.00. The number of carbonyl (C=O) groups is 2. The van der Waals surface area contributed by atoms with Crippen LogP contribution in [0.5, 0.6) is 5.75 Å². The van der Waals surface area contributed by atoms with Crippen molar-refractivity contribution in [3.8, 4) is 5.75 Å². The van der Waals surface area contributed by atoms with Crippen LogP contribution in [-0.4, -0.2) is 30.0 Å². The molecule has 0 saturated heterocycles. The van der Waals surface area contributed by atoms with Crippen LogP contribution >= 0.6 is 11.6 Å². The van der Waals surface area contributed by atoms with Crippen molar-refractivity contribution in [3.05, 3.63) is 58.1 Å². The number of ketones is 1. The highest BCUT2D eigenvalue weighted by Gasteiger charge is 2.67. The third kappa shape index (κ3) is 2.57. The first-order valence-electron chi connectivity index (χ1n) is 10.2. The predicted molar refractivity (Wildman–Crippen MR) is 113 cm³/mol. The number of anilines is 1. The Morgan fingerprint density at radius 3 is 2.70 bits per heavy atom. The number of aliphatic hydroxyl groups excluding tert-OH is 1. The number of rotatable bonds is 5. The fraction of sp³-hybridized carbons (Fsp3) is 0.391. The number of nitrogens with one attached hydrogen (secondary N) is 1. The molecule has 0 unspecified atom stereocenters. The lowest BCUT2D eigenvalue weighted by molar-refractivity contribution is -0.129. The molecule has 7 heteroatoms. The van der Waals surface area contributed by atoms with Gasteiger partial charge in [0.2, 0.25) is 5.91 Å². The Labute approximate surface area is 179 Å². The topological polar surface area (TPSA) is 102 Å². The van der Waals surface area contributed by atoms with Gasteiger partial charge in [-0.1, -0.05) is 23.7 Å². The molecule has 1 spiro atoms. The molecule has 2 saturated carbocycles. The number of Topliss-reactive ketones (excluding diaryl/α,β-unsaturated/α-hetero) is 1. The van der Waals surface area contributed by atoms with Crippen LogP contribution in [0, 0.1) is 0 Å². The lowest BCUT2D eigenvalue weighted by Crippen LogP contribution is -2.59. The lowest BCUT2D eigenvalue weighted by atomic mass is 9.64. The molecule has 1 heterocycles. The van der Waals surface area contributed by atoms with Crippen molar-refractivity contribution in [2.24, 2.45) is 5.73 Å². The van der Waals surface area contributed by atoms with E-state index in [1.807, 2.05) is 18.2 Å². The van der Waals surface area contributed by atoms with E-state index in [4.69, 9.17) is 22.1 Å². The van der Waals surface area contributed by atoms with E-state index >= 15 is 0 Å². The first-order valence-corrected chi connectivity index (χ1v) is 10.6. The molecule has 0 bridgehead atoms. The molecule has 1 aliphatic heterocycles. The Hall–Kier alpha value is -2.41. The van der Waals surface area contributed by atoms with E-state index < -0.39 is 11.0 Å². The quantitative estimate of drug-likeness (QED) is 0.682. The summed E-state index contributed by atoms with van der Waals surface area (Å²) in [6, 6.07) is 10.9. The summed E-state index contributed by atoms with van der Waals surface area (Å²) in [6.07, 6.45) is 2.69. The summed E-state index contributed by atoms with van der Waals surface area (Å²) in [5, 5.41) is 12.6. The maximum Gasteiger partial charge on any atom is 0.237 e. The second-order valence-electron chi connectivity index (χ2n) is 8.38. The monoisotopic (exact) mass is 426 g/mol. The number of hydrogen-bond donors (Lipinski definition) is 3. The molecule has 2 aliphatic carbocycles. The van der Waals surface area contributed by atoms with Gasteiger partial charge in [0.05, 0.1) is 6.61 Å². The molecule has 6 nitrogen and oxygen atoms in total. The van der Waals surface area contributed by atoms with E-state index in [1.54, 1.807) is 18.2 Å². The van der Waals surface area contributed by atoms with Gasteiger partial charge in [-0.25, -0.2) is 0 Å². The highest BCUT2D eigenvalue weighted by molar-refractivity contribution is 6.31. The number of nitrogens with two attached hydrogens (primary N) is 1. The van der Waals surface area contributed by atoms with Gasteiger partial charge in [-0.05, 0) is 60.6 Å². The Morgan fingerprint density at radius 2 is 1.97 bits per heavy atom. The number of amides is 1. The zero-order valence-corrected chi connectivity index (χ0v) is 17.2. The first-order chi connectivity index (χ1) is 14.4. The number of carbonyl (C=O) groups excluding carboxylic acids is 2. The van der Waals surface area contributed by atoms with Crippen LogP contribution in [-0.2, 0) is 20.5 Å². The van der Waals surface area contributed by atoms with Crippen molar-refractivity contribution < 1.29 is 19.4 Å². The van der Waals surface area contributed by atoms with Gasteiger partial charge in [0.1, 0.15) is 23.3 Å². The number of aliphatic hydroxyl groups is 1. The summed E-state index contributed by atoms with van der Waals surface area (Å²) in [5.41, 5.74) is 7.06. The normalized spacial score (nSPS) is 27.4. The maximum absolute atomic E-state index is 13.4. The zero-order chi connectivity index (χ0) is 21.1. The molecule has 2 aromatic carbocycles. The molecule has 2 fully saturated rings. The zero-order valence-electron chi connectivity index (χ0n) is 16.4. The molecule has 0 aromatic heterocycles. The number of halogens is 1. The number of fused-ring (bicyclic) bond motifs is 2. The standard InChI is InChI=1S/C23H23ClN2O4/c24-15-4-5-16-18(12-15)26-21(29)22(16)8-7-20(28)23(22,25)17-11-14(13-1-2-13)3-6-19(17)30-10-9-27/h3-6,11-13,27H,1-2,7-10,25H2,(H,26,29)/t22-,23+/m0/s1. The second kappa shape index (κ2) is 6.80. The van der Waals surface area contributed by atoms with Gasteiger partial charge in [-0.15, -0.1) is 0 Å². The molecule has 4 N–H and O–H groups in total. The molecule has 5 rings (SSSR count). The summed E-state index contributed by atoms with van der Waals surface area (Å²) in [5.74, 6) is 0.385. The fourth-order valence-corrected chi connectivity index (χ4v) is 5.28. The van der Waals surface area contributed by atoms with E-state index in [9.17, 15) is 14.7 Å². The minimum absolute atomic E-state index is 0.0748. The summed E-state index contributed by atoms with van der Waals surface area (Å²) in [4.78, 5) is 26.8. The Kier molecular flexibility index (Phi) is 4.43. The van der Waals surface area contributed by atoms with Gasteiger partial charge in [0, 0.05) is 22.7 Å². The molecule has 2 aromatic rings. The van der Waals surface area contributed by atoms with E-state index in [0.717, 1.165) is 18.4 Å². The van der Waals surface area contributed by atoms with Crippen LogP contribution in [0.1, 0.15) is 48.3 Å². The van der Waals surface area contributed by atoms with Crippen molar-refractivity contribution in [2.45, 2.75) is 42.6 Å².